The molecule has 2 unspecified atom stereocenters. The zero-order chi connectivity index (χ0) is 11.6. The smallest absolute Gasteiger partial charge is 0.0940 e. The Balaban J connectivity index is 2.71. The van der Waals surface area contributed by atoms with Gasteiger partial charge in [0, 0.05) is 12.4 Å². The molecule has 0 fully saturated rings. The van der Waals surface area contributed by atoms with Gasteiger partial charge in [-0.1, -0.05) is 30.3 Å². The molecule has 0 saturated heterocycles. The topological polar surface area (TPSA) is 24.7 Å². The first-order valence-corrected chi connectivity index (χ1v) is 6.96. The molecule has 1 aromatic carbocycles. The highest BCUT2D eigenvalue weighted by atomic mass is 31.0. The summed E-state index contributed by atoms with van der Waals surface area (Å²) in [5, 5.41) is 0. The number of benzene rings is 1. The fourth-order valence-electron chi connectivity index (χ4n) is 1.35. The fraction of sp³-hybridized carbons (Fsp3) is 0.333. The fourth-order valence-corrected chi connectivity index (χ4v) is 1.62. The zero-order valence-corrected chi connectivity index (χ0v) is 11.6. The highest BCUT2D eigenvalue weighted by Gasteiger charge is 2.06. The Morgan fingerprint density at radius 2 is 1.75 bits per heavy atom. The molecule has 16 heavy (non-hydrogen) atoms. The van der Waals surface area contributed by atoms with Crippen LogP contribution in [0.25, 0.3) is 0 Å². The van der Waals surface area contributed by atoms with Gasteiger partial charge in [0.2, 0.25) is 0 Å². The van der Waals surface area contributed by atoms with Gasteiger partial charge >= 0.3 is 0 Å². The van der Waals surface area contributed by atoms with E-state index in [2.05, 4.69) is 40.6 Å². The Bertz CT molecular complexity index is 336. The Morgan fingerprint density at radius 1 is 1.06 bits per heavy atom. The van der Waals surface area contributed by atoms with Gasteiger partial charge in [0.05, 0.1) is 12.6 Å². The standard InChI is InChI=1S/C12H18N2P2/c15-8-6-13-10-12(14-7-9-16)11-4-2-1-3-5-11/h1-7,12H,8-10,15-16H2/b13-6+,14-7+/t12-/m1/s1. The number of hydrogen-bond donors (Lipinski definition) is 0. The van der Waals surface area contributed by atoms with Gasteiger partial charge in [-0.05, 0) is 17.9 Å². The third kappa shape index (κ3) is 4.96. The van der Waals surface area contributed by atoms with Crippen LogP contribution in [0, 0.1) is 0 Å². The Labute approximate surface area is 102 Å². The largest absolute Gasteiger partial charge is 0.295 e. The Hall–Kier alpha value is -0.580. The van der Waals surface area contributed by atoms with E-state index in [0.29, 0.717) is 0 Å². The monoisotopic (exact) mass is 252 g/mol. The molecule has 86 valence electrons. The van der Waals surface area contributed by atoms with Crippen molar-refractivity contribution >= 4 is 30.9 Å². The van der Waals surface area contributed by atoms with Gasteiger partial charge in [0.15, 0.2) is 0 Å². The number of rotatable bonds is 6. The predicted molar refractivity (Wildman–Crippen MR) is 80.2 cm³/mol. The van der Waals surface area contributed by atoms with Crippen LogP contribution in [0.4, 0.5) is 0 Å². The van der Waals surface area contributed by atoms with Crippen molar-refractivity contribution in [1.29, 1.82) is 0 Å². The number of hydrogen-bond acceptors (Lipinski definition) is 2. The average Bonchev–Trinajstić information content (AvgIpc) is 2.35. The summed E-state index contributed by atoms with van der Waals surface area (Å²) >= 11 is 0. The van der Waals surface area contributed by atoms with Gasteiger partial charge in [0.1, 0.15) is 0 Å². The summed E-state index contributed by atoms with van der Waals surface area (Å²) in [6, 6.07) is 10.4. The SMILES string of the molecule is PC/C=N/C[C@@H](/N=C/CP)c1ccccc1. The first-order chi connectivity index (χ1) is 7.88. The molecule has 1 rings (SSSR count). The molecular weight excluding hydrogens is 234 g/mol. The van der Waals surface area contributed by atoms with Crippen molar-refractivity contribution in [1.82, 2.24) is 0 Å². The van der Waals surface area contributed by atoms with Crippen molar-refractivity contribution in [2.75, 3.05) is 18.9 Å². The maximum Gasteiger partial charge on any atom is 0.0940 e. The molecule has 0 saturated carbocycles. The molecule has 0 spiro atoms. The molecular formula is C12H18N2P2. The Morgan fingerprint density at radius 3 is 2.38 bits per heavy atom. The summed E-state index contributed by atoms with van der Waals surface area (Å²) in [4.78, 5) is 8.87. The van der Waals surface area contributed by atoms with E-state index in [1.165, 1.54) is 5.56 Å². The van der Waals surface area contributed by atoms with Crippen LogP contribution in [0.15, 0.2) is 40.3 Å². The van der Waals surface area contributed by atoms with Crippen LogP contribution < -0.4 is 0 Å². The second kappa shape index (κ2) is 8.56. The van der Waals surface area contributed by atoms with Crippen molar-refractivity contribution in [2.45, 2.75) is 6.04 Å². The summed E-state index contributed by atoms with van der Waals surface area (Å²) in [5.74, 6) is 0. The van der Waals surface area contributed by atoms with E-state index in [9.17, 15) is 0 Å². The summed E-state index contributed by atoms with van der Waals surface area (Å²) < 4.78 is 0. The van der Waals surface area contributed by atoms with E-state index in [1.807, 2.05) is 30.6 Å². The van der Waals surface area contributed by atoms with Crippen LogP contribution in [0.3, 0.4) is 0 Å². The number of nitrogens with zero attached hydrogens (tertiary/aromatic N) is 2. The maximum absolute atomic E-state index is 4.52. The highest BCUT2D eigenvalue weighted by Crippen LogP contribution is 2.16. The van der Waals surface area contributed by atoms with Gasteiger partial charge in [-0.3, -0.25) is 9.98 Å². The molecule has 4 heteroatoms. The molecule has 0 bridgehead atoms. The molecule has 0 radical (unpaired) electrons. The van der Waals surface area contributed by atoms with Gasteiger partial charge in [0.25, 0.3) is 0 Å². The zero-order valence-electron chi connectivity index (χ0n) is 9.29. The minimum Gasteiger partial charge on any atom is -0.295 e. The third-order valence-electron chi connectivity index (χ3n) is 2.09. The van der Waals surface area contributed by atoms with Crippen molar-refractivity contribution in [3.05, 3.63) is 35.9 Å². The molecule has 2 nitrogen and oxygen atoms in total. The van der Waals surface area contributed by atoms with Crippen LogP contribution in [-0.4, -0.2) is 31.3 Å². The lowest BCUT2D eigenvalue weighted by molar-refractivity contribution is 0.745. The van der Waals surface area contributed by atoms with Crippen molar-refractivity contribution in [2.24, 2.45) is 9.98 Å². The van der Waals surface area contributed by atoms with E-state index >= 15 is 0 Å². The lowest BCUT2D eigenvalue weighted by atomic mass is 10.1. The molecule has 0 aliphatic heterocycles. The minimum atomic E-state index is 0.148. The van der Waals surface area contributed by atoms with Gasteiger partial charge in [-0.25, -0.2) is 0 Å². The first-order valence-electron chi connectivity index (χ1n) is 5.33. The molecule has 0 aliphatic rings. The molecule has 0 aromatic heterocycles. The van der Waals surface area contributed by atoms with Crippen molar-refractivity contribution in [3.8, 4) is 0 Å². The highest BCUT2D eigenvalue weighted by molar-refractivity contribution is 7.18. The first kappa shape index (κ1) is 13.5. The maximum atomic E-state index is 4.52. The van der Waals surface area contributed by atoms with Crippen LogP contribution in [-0.2, 0) is 0 Å². The van der Waals surface area contributed by atoms with Crippen LogP contribution >= 0.6 is 18.5 Å². The molecule has 0 heterocycles. The summed E-state index contributed by atoms with van der Waals surface area (Å²) in [5.41, 5.74) is 1.22. The van der Waals surface area contributed by atoms with Crippen LogP contribution in [0.1, 0.15) is 11.6 Å². The molecule has 1 aromatic rings. The molecule has 0 aliphatic carbocycles. The van der Waals surface area contributed by atoms with Crippen molar-refractivity contribution < 1.29 is 0 Å². The van der Waals surface area contributed by atoms with Crippen molar-refractivity contribution in [3.63, 3.8) is 0 Å². The lowest BCUT2D eigenvalue weighted by Gasteiger charge is -2.09. The summed E-state index contributed by atoms with van der Waals surface area (Å²) in [7, 11) is 5.28. The minimum absolute atomic E-state index is 0.148. The van der Waals surface area contributed by atoms with E-state index in [0.717, 1.165) is 18.9 Å². The molecule has 0 N–H and O–H groups in total. The van der Waals surface area contributed by atoms with Gasteiger partial charge in [-0.2, -0.15) is 0 Å². The predicted octanol–water partition coefficient (Wildman–Crippen LogP) is 2.62. The van der Waals surface area contributed by atoms with Crippen LogP contribution in [0.5, 0.6) is 0 Å². The van der Waals surface area contributed by atoms with Crippen LogP contribution in [0.2, 0.25) is 0 Å². The van der Waals surface area contributed by atoms with E-state index in [4.69, 9.17) is 0 Å². The molecule has 3 atom stereocenters. The quantitative estimate of drug-likeness (QED) is 0.549. The normalized spacial score (nSPS) is 13.6. The summed E-state index contributed by atoms with van der Waals surface area (Å²) in [6.07, 6.45) is 5.63. The summed E-state index contributed by atoms with van der Waals surface area (Å²) in [6.45, 7) is 0.722. The third-order valence-corrected chi connectivity index (χ3v) is 2.51. The molecule has 0 amide bonds. The lowest BCUT2D eigenvalue weighted by Crippen LogP contribution is -2.01. The van der Waals surface area contributed by atoms with Gasteiger partial charge in [-0.15, -0.1) is 18.5 Å². The van der Waals surface area contributed by atoms with E-state index < -0.39 is 0 Å². The van der Waals surface area contributed by atoms with Gasteiger partial charge < -0.3 is 0 Å². The second-order valence-corrected chi connectivity index (χ2v) is 4.22. The van der Waals surface area contributed by atoms with E-state index in [1.54, 1.807) is 0 Å². The van der Waals surface area contributed by atoms with E-state index in [-0.39, 0.29) is 6.04 Å². The number of aliphatic imine (C=N–C) groups is 2. The second-order valence-electron chi connectivity index (χ2n) is 3.28. The Kier molecular flexibility index (Phi) is 7.21. The average molecular weight is 252 g/mol.